The molecule has 0 saturated carbocycles. The van der Waals surface area contributed by atoms with Gasteiger partial charge in [-0.15, -0.1) is 0 Å². The summed E-state index contributed by atoms with van der Waals surface area (Å²) < 4.78 is 0. The van der Waals surface area contributed by atoms with Gasteiger partial charge in [0.1, 0.15) is 5.82 Å². The maximum atomic E-state index is 6.13. The first-order chi connectivity index (χ1) is 13.1. The fourth-order valence-electron chi connectivity index (χ4n) is 3.29. The van der Waals surface area contributed by atoms with Crippen LogP contribution in [-0.4, -0.2) is 9.97 Å². The molecule has 3 nitrogen and oxygen atoms in total. The Morgan fingerprint density at radius 1 is 0.963 bits per heavy atom. The highest BCUT2D eigenvalue weighted by atomic mass is 14.9. The van der Waals surface area contributed by atoms with Gasteiger partial charge in [-0.2, -0.15) is 0 Å². The Bertz CT molecular complexity index is 926. The number of hydrogen-bond acceptors (Lipinski definition) is 3. The number of anilines is 1. The summed E-state index contributed by atoms with van der Waals surface area (Å²) in [7, 11) is 0. The van der Waals surface area contributed by atoms with Crippen LogP contribution < -0.4 is 5.73 Å². The van der Waals surface area contributed by atoms with E-state index in [2.05, 4.69) is 55.7 Å². The quantitative estimate of drug-likeness (QED) is 0.505. The molecular weight excluding hydrogens is 330 g/mol. The van der Waals surface area contributed by atoms with Crippen molar-refractivity contribution in [1.29, 1.82) is 0 Å². The van der Waals surface area contributed by atoms with E-state index in [4.69, 9.17) is 10.7 Å². The Morgan fingerprint density at radius 3 is 2.44 bits per heavy atom. The van der Waals surface area contributed by atoms with Crippen molar-refractivity contribution in [3.8, 4) is 0 Å². The number of benzene rings is 1. The summed E-state index contributed by atoms with van der Waals surface area (Å²) in [5.74, 6) is 0.639. The third-order valence-electron chi connectivity index (χ3n) is 5.06. The summed E-state index contributed by atoms with van der Waals surface area (Å²) in [6, 6.07) is 14.8. The Kier molecular flexibility index (Phi) is 6.23. The van der Waals surface area contributed by atoms with Crippen LogP contribution in [0.1, 0.15) is 61.9 Å². The lowest BCUT2D eigenvalue weighted by Crippen LogP contribution is -2.01. The first-order valence-corrected chi connectivity index (χ1v) is 9.92. The maximum absolute atomic E-state index is 6.13. The standard InChI is InChI=1S/C24H29N3/c1-4-6-7-8-20-16-23-22(27-24(20)25)14-13-21(26-23)15-18-9-11-19(12-10-18)17(3)5-2/h9-14,16H,3-8,15H2,1-2H3,(H2,25,27). The van der Waals surface area contributed by atoms with Crippen LogP contribution in [0.5, 0.6) is 0 Å². The van der Waals surface area contributed by atoms with E-state index >= 15 is 0 Å². The highest BCUT2D eigenvalue weighted by molar-refractivity contribution is 5.77. The van der Waals surface area contributed by atoms with Gasteiger partial charge in [-0.05, 0) is 59.7 Å². The Balaban J connectivity index is 1.80. The largest absolute Gasteiger partial charge is 0.383 e. The minimum atomic E-state index is 0.639. The summed E-state index contributed by atoms with van der Waals surface area (Å²) in [6.45, 7) is 8.44. The van der Waals surface area contributed by atoms with Crippen molar-refractivity contribution >= 4 is 22.4 Å². The molecule has 0 saturated heterocycles. The van der Waals surface area contributed by atoms with Crippen LogP contribution in [0.3, 0.4) is 0 Å². The van der Waals surface area contributed by atoms with Crippen molar-refractivity contribution in [3.05, 3.63) is 71.4 Å². The molecule has 27 heavy (non-hydrogen) atoms. The van der Waals surface area contributed by atoms with Gasteiger partial charge in [-0.3, -0.25) is 4.98 Å². The van der Waals surface area contributed by atoms with Gasteiger partial charge in [-0.25, -0.2) is 4.98 Å². The molecule has 0 radical (unpaired) electrons. The number of nitrogen functional groups attached to an aromatic ring is 1. The minimum Gasteiger partial charge on any atom is -0.383 e. The van der Waals surface area contributed by atoms with Crippen LogP contribution in [0.2, 0.25) is 0 Å². The molecule has 0 atom stereocenters. The zero-order valence-corrected chi connectivity index (χ0v) is 16.5. The van der Waals surface area contributed by atoms with Crippen molar-refractivity contribution in [2.75, 3.05) is 5.73 Å². The molecule has 2 aromatic heterocycles. The van der Waals surface area contributed by atoms with Gasteiger partial charge in [0.2, 0.25) is 0 Å². The molecule has 2 heterocycles. The second kappa shape index (κ2) is 8.81. The first-order valence-electron chi connectivity index (χ1n) is 9.92. The molecule has 0 amide bonds. The Hall–Kier alpha value is -2.68. The van der Waals surface area contributed by atoms with Gasteiger partial charge in [0.15, 0.2) is 0 Å². The lowest BCUT2D eigenvalue weighted by Gasteiger charge is -2.09. The number of aromatic nitrogens is 2. The molecule has 140 valence electrons. The number of pyridine rings is 2. The molecular formula is C24H29N3. The van der Waals surface area contributed by atoms with Gasteiger partial charge in [0.05, 0.1) is 11.0 Å². The molecule has 3 aromatic rings. The molecule has 2 N–H and O–H groups in total. The van der Waals surface area contributed by atoms with E-state index < -0.39 is 0 Å². The molecule has 1 aromatic carbocycles. The van der Waals surface area contributed by atoms with Crippen LogP contribution in [0.25, 0.3) is 16.6 Å². The van der Waals surface area contributed by atoms with Gasteiger partial charge in [0, 0.05) is 12.1 Å². The molecule has 0 fully saturated rings. The zero-order valence-electron chi connectivity index (χ0n) is 16.5. The van der Waals surface area contributed by atoms with E-state index in [1.54, 1.807) is 0 Å². The SMILES string of the molecule is C=C(CC)c1ccc(Cc2ccc3nc(N)c(CCCCC)cc3n2)cc1. The van der Waals surface area contributed by atoms with Crippen LogP contribution >= 0.6 is 0 Å². The third kappa shape index (κ3) is 4.73. The number of nitrogens with zero attached hydrogens (tertiary/aromatic N) is 2. The van der Waals surface area contributed by atoms with Crippen molar-refractivity contribution in [1.82, 2.24) is 9.97 Å². The predicted octanol–water partition coefficient (Wildman–Crippen LogP) is 5.96. The predicted molar refractivity (Wildman–Crippen MR) is 116 cm³/mol. The van der Waals surface area contributed by atoms with Gasteiger partial charge in [0.25, 0.3) is 0 Å². The molecule has 0 unspecified atom stereocenters. The third-order valence-corrected chi connectivity index (χ3v) is 5.06. The number of fused-ring (bicyclic) bond motifs is 1. The molecule has 0 bridgehead atoms. The number of nitrogens with two attached hydrogens (primary N) is 1. The molecule has 0 aliphatic rings. The van der Waals surface area contributed by atoms with Crippen molar-refractivity contribution in [2.24, 2.45) is 0 Å². The van der Waals surface area contributed by atoms with Crippen LogP contribution in [0, 0.1) is 0 Å². The highest BCUT2D eigenvalue weighted by Crippen LogP contribution is 2.21. The number of rotatable bonds is 8. The summed E-state index contributed by atoms with van der Waals surface area (Å²) in [6.07, 6.45) is 6.31. The number of hydrogen-bond donors (Lipinski definition) is 1. The highest BCUT2D eigenvalue weighted by Gasteiger charge is 2.07. The molecule has 0 aliphatic carbocycles. The normalized spacial score (nSPS) is 11.0. The van der Waals surface area contributed by atoms with E-state index in [-0.39, 0.29) is 0 Å². The number of allylic oxidation sites excluding steroid dienone is 1. The van der Waals surface area contributed by atoms with Gasteiger partial charge < -0.3 is 5.73 Å². The van der Waals surface area contributed by atoms with Crippen LogP contribution in [-0.2, 0) is 12.8 Å². The van der Waals surface area contributed by atoms with Crippen LogP contribution in [0.15, 0.2) is 49.0 Å². The average molecular weight is 360 g/mol. The number of aryl methyl sites for hydroxylation is 1. The first kappa shape index (κ1) is 19.1. The van der Waals surface area contributed by atoms with Crippen molar-refractivity contribution in [3.63, 3.8) is 0 Å². The fraction of sp³-hybridized carbons (Fsp3) is 0.333. The Morgan fingerprint density at radius 2 is 1.74 bits per heavy atom. The zero-order chi connectivity index (χ0) is 19.2. The summed E-state index contributed by atoms with van der Waals surface area (Å²) in [5.41, 5.74) is 13.7. The summed E-state index contributed by atoms with van der Waals surface area (Å²) in [5, 5.41) is 0. The second-order valence-electron chi connectivity index (χ2n) is 7.16. The lowest BCUT2D eigenvalue weighted by molar-refractivity contribution is 0.717. The lowest BCUT2D eigenvalue weighted by atomic mass is 10.0. The van der Waals surface area contributed by atoms with Crippen molar-refractivity contribution < 1.29 is 0 Å². The fourth-order valence-corrected chi connectivity index (χ4v) is 3.29. The van der Waals surface area contributed by atoms with E-state index in [9.17, 15) is 0 Å². The van der Waals surface area contributed by atoms with E-state index in [0.29, 0.717) is 5.82 Å². The second-order valence-corrected chi connectivity index (χ2v) is 7.16. The number of unbranched alkanes of at least 4 members (excludes halogenated alkanes) is 2. The molecule has 3 rings (SSSR count). The topological polar surface area (TPSA) is 51.8 Å². The molecule has 0 aliphatic heterocycles. The van der Waals surface area contributed by atoms with Gasteiger partial charge in [-0.1, -0.05) is 57.5 Å². The van der Waals surface area contributed by atoms with Crippen molar-refractivity contribution in [2.45, 2.75) is 52.4 Å². The smallest absolute Gasteiger partial charge is 0.127 e. The van der Waals surface area contributed by atoms with E-state index in [1.807, 2.05) is 12.1 Å². The average Bonchev–Trinajstić information content (AvgIpc) is 2.69. The van der Waals surface area contributed by atoms with E-state index in [0.717, 1.165) is 48.0 Å². The summed E-state index contributed by atoms with van der Waals surface area (Å²) in [4.78, 5) is 9.39. The monoisotopic (exact) mass is 359 g/mol. The summed E-state index contributed by atoms with van der Waals surface area (Å²) >= 11 is 0. The molecule has 3 heteroatoms. The van der Waals surface area contributed by atoms with Crippen LogP contribution in [0.4, 0.5) is 5.82 Å². The molecule has 0 spiro atoms. The maximum Gasteiger partial charge on any atom is 0.127 e. The Labute approximate surface area is 162 Å². The minimum absolute atomic E-state index is 0.639. The van der Waals surface area contributed by atoms with E-state index in [1.165, 1.54) is 29.5 Å². The van der Waals surface area contributed by atoms with Gasteiger partial charge >= 0.3 is 0 Å².